The van der Waals surface area contributed by atoms with Crippen molar-refractivity contribution in [3.05, 3.63) is 40.5 Å². The van der Waals surface area contributed by atoms with Crippen LogP contribution in [0.2, 0.25) is 0 Å². The quantitative estimate of drug-likeness (QED) is 0.647. The first kappa shape index (κ1) is 8.51. The Kier molecular flexibility index (Phi) is 1.77. The molecule has 0 saturated heterocycles. The van der Waals surface area contributed by atoms with Crippen LogP contribution >= 0.6 is 15.9 Å². The van der Waals surface area contributed by atoms with Gasteiger partial charge < -0.3 is 4.90 Å². The van der Waals surface area contributed by atoms with E-state index in [9.17, 15) is 4.79 Å². The molecule has 0 amide bonds. The minimum absolute atomic E-state index is 0.00461. The summed E-state index contributed by atoms with van der Waals surface area (Å²) in [5.74, 6) is 0.00461. The first-order chi connectivity index (χ1) is 6.13. The minimum atomic E-state index is 0.00461. The molecule has 0 radical (unpaired) electrons. The number of nitrogens with zero attached hydrogens (tertiary/aromatic N) is 1. The zero-order valence-electron chi connectivity index (χ0n) is 7.17. The van der Waals surface area contributed by atoms with E-state index in [4.69, 9.17) is 0 Å². The Morgan fingerprint density at radius 3 is 2.77 bits per heavy atom. The van der Waals surface area contributed by atoms with Crippen molar-refractivity contribution in [1.82, 2.24) is 0 Å². The fraction of sp³-hybridized carbons (Fsp3) is 0.100. The van der Waals surface area contributed by atoms with Gasteiger partial charge in [0.25, 0.3) is 0 Å². The maximum Gasteiger partial charge on any atom is 0.212 e. The smallest absolute Gasteiger partial charge is 0.212 e. The fourth-order valence-corrected chi connectivity index (χ4v) is 1.99. The molecule has 0 atom stereocenters. The molecular formula is C10H8BrNO. The first-order valence-electron chi connectivity index (χ1n) is 3.89. The third-order valence-corrected chi connectivity index (χ3v) is 2.91. The molecule has 1 aromatic rings. The second-order valence-electron chi connectivity index (χ2n) is 2.97. The molecule has 0 fully saturated rings. The molecule has 2 nitrogen and oxygen atoms in total. The maximum atomic E-state index is 11.7. The lowest BCUT2D eigenvalue weighted by molar-refractivity contribution is 0.103. The summed E-state index contributed by atoms with van der Waals surface area (Å²) in [5.41, 5.74) is 2.17. The van der Waals surface area contributed by atoms with Crippen molar-refractivity contribution in [2.24, 2.45) is 0 Å². The number of hydrogen-bond acceptors (Lipinski definition) is 2. The van der Waals surface area contributed by atoms with Gasteiger partial charge in [0.05, 0.1) is 16.9 Å². The molecule has 0 N–H and O–H groups in total. The van der Waals surface area contributed by atoms with Crippen LogP contribution in [0.1, 0.15) is 10.4 Å². The molecule has 3 heteroatoms. The SMILES string of the molecule is C=C1C(=O)c2c(Br)cccc2N1C. The molecule has 1 aliphatic rings. The number of rotatable bonds is 0. The molecule has 0 saturated carbocycles. The highest BCUT2D eigenvalue weighted by atomic mass is 79.9. The van der Waals surface area contributed by atoms with E-state index in [0.717, 1.165) is 15.7 Å². The molecule has 0 unspecified atom stereocenters. The molecule has 1 aromatic carbocycles. The van der Waals surface area contributed by atoms with E-state index < -0.39 is 0 Å². The summed E-state index contributed by atoms with van der Waals surface area (Å²) in [7, 11) is 1.85. The van der Waals surface area contributed by atoms with Crippen molar-refractivity contribution in [2.75, 3.05) is 11.9 Å². The summed E-state index contributed by atoms with van der Waals surface area (Å²) in [6, 6.07) is 5.69. The molecule has 1 heterocycles. The fourth-order valence-electron chi connectivity index (χ4n) is 1.46. The lowest BCUT2D eigenvalue weighted by Crippen LogP contribution is -2.12. The normalized spacial score (nSPS) is 15.1. The van der Waals surface area contributed by atoms with Gasteiger partial charge in [-0.1, -0.05) is 12.6 Å². The average Bonchev–Trinajstić information content (AvgIpc) is 2.33. The van der Waals surface area contributed by atoms with Crippen LogP contribution in [0.5, 0.6) is 0 Å². The van der Waals surface area contributed by atoms with E-state index in [1.54, 1.807) is 0 Å². The number of anilines is 1. The van der Waals surface area contributed by atoms with E-state index >= 15 is 0 Å². The van der Waals surface area contributed by atoms with Gasteiger partial charge in [0.1, 0.15) is 0 Å². The van der Waals surface area contributed by atoms with E-state index in [2.05, 4.69) is 22.5 Å². The maximum absolute atomic E-state index is 11.7. The van der Waals surface area contributed by atoms with Crippen LogP contribution in [0.4, 0.5) is 5.69 Å². The van der Waals surface area contributed by atoms with Crippen molar-refractivity contribution in [3.8, 4) is 0 Å². The van der Waals surface area contributed by atoms with E-state index in [-0.39, 0.29) is 5.78 Å². The summed E-state index contributed by atoms with van der Waals surface area (Å²) in [5, 5.41) is 0. The van der Waals surface area contributed by atoms with E-state index in [1.165, 1.54) is 0 Å². The van der Waals surface area contributed by atoms with Gasteiger partial charge in [0.2, 0.25) is 5.78 Å². The van der Waals surface area contributed by atoms with Crippen LogP contribution in [0.3, 0.4) is 0 Å². The number of carbonyl (C=O) groups excluding carboxylic acids is 1. The number of halogens is 1. The Morgan fingerprint density at radius 2 is 2.15 bits per heavy atom. The number of fused-ring (bicyclic) bond motifs is 1. The molecule has 2 rings (SSSR count). The summed E-state index contributed by atoms with van der Waals surface area (Å²) in [6.07, 6.45) is 0. The van der Waals surface area contributed by atoms with Crippen molar-refractivity contribution in [3.63, 3.8) is 0 Å². The van der Waals surface area contributed by atoms with Gasteiger partial charge in [-0.25, -0.2) is 0 Å². The minimum Gasteiger partial charge on any atom is -0.341 e. The molecule has 0 spiro atoms. The Hall–Kier alpha value is -1.09. The number of hydrogen-bond donors (Lipinski definition) is 0. The Morgan fingerprint density at radius 1 is 1.46 bits per heavy atom. The predicted molar refractivity (Wildman–Crippen MR) is 56.0 cm³/mol. The lowest BCUT2D eigenvalue weighted by atomic mass is 10.1. The highest BCUT2D eigenvalue weighted by Crippen LogP contribution is 2.36. The van der Waals surface area contributed by atoms with Crippen LogP contribution in [0.25, 0.3) is 0 Å². The largest absolute Gasteiger partial charge is 0.341 e. The zero-order chi connectivity index (χ0) is 9.59. The molecule has 0 aliphatic carbocycles. The van der Waals surface area contributed by atoms with Gasteiger partial charge in [-0.2, -0.15) is 0 Å². The number of allylic oxidation sites excluding steroid dienone is 1. The molecule has 13 heavy (non-hydrogen) atoms. The zero-order valence-corrected chi connectivity index (χ0v) is 8.76. The van der Waals surface area contributed by atoms with Gasteiger partial charge >= 0.3 is 0 Å². The predicted octanol–water partition coefficient (Wildman–Crippen LogP) is 2.60. The molecule has 0 aromatic heterocycles. The average molecular weight is 238 g/mol. The summed E-state index contributed by atoms with van der Waals surface area (Å²) >= 11 is 3.35. The van der Waals surface area contributed by atoms with Crippen LogP contribution < -0.4 is 4.90 Å². The summed E-state index contributed by atoms with van der Waals surface area (Å²) in [6.45, 7) is 3.73. The summed E-state index contributed by atoms with van der Waals surface area (Å²) < 4.78 is 0.834. The van der Waals surface area contributed by atoms with Crippen molar-refractivity contribution < 1.29 is 4.79 Å². The van der Waals surface area contributed by atoms with E-state index in [1.807, 2.05) is 30.1 Å². The molecule has 1 aliphatic heterocycles. The highest BCUT2D eigenvalue weighted by molar-refractivity contribution is 9.10. The summed E-state index contributed by atoms with van der Waals surface area (Å²) in [4.78, 5) is 13.5. The molecule has 0 bridgehead atoms. The van der Waals surface area contributed by atoms with Gasteiger partial charge in [0.15, 0.2) is 0 Å². The van der Waals surface area contributed by atoms with Crippen molar-refractivity contribution in [1.29, 1.82) is 0 Å². The molecular weight excluding hydrogens is 230 g/mol. The second kappa shape index (κ2) is 2.70. The van der Waals surface area contributed by atoms with Crippen LogP contribution in [0.15, 0.2) is 34.9 Å². The Balaban J connectivity index is 2.73. The van der Waals surface area contributed by atoms with Gasteiger partial charge in [-0.15, -0.1) is 0 Å². The van der Waals surface area contributed by atoms with Crippen LogP contribution in [0, 0.1) is 0 Å². The number of carbonyl (C=O) groups is 1. The van der Waals surface area contributed by atoms with Gasteiger partial charge in [-0.05, 0) is 28.1 Å². The van der Waals surface area contributed by atoms with Gasteiger partial charge in [-0.3, -0.25) is 4.79 Å². The number of ketones is 1. The standard InChI is InChI=1S/C10H8BrNO/c1-6-10(13)9-7(11)4-3-5-8(9)12(6)2/h3-5H,1H2,2H3. The van der Waals surface area contributed by atoms with Crippen molar-refractivity contribution >= 4 is 27.4 Å². The topological polar surface area (TPSA) is 20.3 Å². The van der Waals surface area contributed by atoms with Crippen molar-refractivity contribution in [2.45, 2.75) is 0 Å². The first-order valence-corrected chi connectivity index (χ1v) is 4.68. The van der Waals surface area contributed by atoms with Gasteiger partial charge in [0, 0.05) is 11.5 Å². The number of Topliss-reactive ketones (excluding diaryl/α,β-unsaturated/α-hetero) is 1. The number of likely N-dealkylation sites (N-methyl/N-ethyl adjacent to an activating group) is 1. The lowest BCUT2D eigenvalue weighted by Gasteiger charge is -2.11. The third-order valence-electron chi connectivity index (χ3n) is 2.25. The monoisotopic (exact) mass is 237 g/mol. The third kappa shape index (κ3) is 1.04. The van der Waals surface area contributed by atoms with E-state index in [0.29, 0.717) is 5.70 Å². The van der Waals surface area contributed by atoms with Crippen LogP contribution in [-0.4, -0.2) is 12.8 Å². The molecule has 66 valence electrons. The Labute approximate surface area is 85.0 Å². The second-order valence-corrected chi connectivity index (χ2v) is 3.82. The number of benzene rings is 1. The Bertz CT molecular complexity index is 411. The highest BCUT2D eigenvalue weighted by Gasteiger charge is 2.29. The van der Waals surface area contributed by atoms with Crippen LogP contribution in [-0.2, 0) is 0 Å².